The Balaban J connectivity index is 0.00000192. The molecule has 126 valence electrons. The van der Waals surface area contributed by atoms with Gasteiger partial charge in [0.15, 0.2) is 0 Å². The number of nitrogens with one attached hydrogen (secondary N) is 1. The van der Waals surface area contributed by atoms with Crippen molar-refractivity contribution in [1.82, 2.24) is 9.88 Å². The van der Waals surface area contributed by atoms with Gasteiger partial charge >= 0.3 is 0 Å². The van der Waals surface area contributed by atoms with Crippen molar-refractivity contribution in [3.05, 3.63) is 35.5 Å². The fraction of sp³-hybridized carbons (Fsp3) is 0.500. The molecule has 0 bridgehead atoms. The molecule has 1 fully saturated rings. The van der Waals surface area contributed by atoms with E-state index in [0.29, 0.717) is 5.92 Å². The number of aromatic amines is 1. The van der Waals surface area contributed by atoms with Crippen molar-refractivity contribution in [2.75, 3.05) is 13.1 Å². The summed E-state index contributed by atoms with van der Waals surface area (Å²) in [7, 11) is 0. The Hall–Kier alpha value is -1.52. The number of likely N-dealkylation sites (tertiary alicyclic amines) is 1. The van der Waals surface area contributed by atoms with Gasteiger partial charge in [-0.1, -0.05) is 25.1 Å². The van der Waals surface area contributed by atoms with E-state index in [1.54, 1.807) is 6.92 Å². The number of piperidine rings is 1. The Labute approximate surface area is 143 Å². The first-order chi connectivity index (χ1) is 10.6. The molecule has 1 atom stereocenters. The highest BCUT2D eigenvalue weighted by molar-refractivity contribution is 5.87. The van der Waals surface area contributed by atoms with Crippen LogP contribution in [0.5, 0.6) is 0 Å². The van der Waals surface area contributed by atoms with Crippen LogP contribution in [0.4, 0.5) is 0 Å². The Morgan fingerprint density at radius 3 is 2.70 bits per heavy atom. The summed E-state index contributed by atoms with van der Waals surface area (Å²) in [6.45, 7) is 5.57. The van der Waals surface area contributed by atoms with E-state index in [9.17, 15) is 4.79 Å². The molecule has 4 nitrogen and oxygen atoms in total. The summed E-state index contributed by atoms with van der Waals surface area (Å²) in [4.78, 5) is 17.3. The van der Waals surface area contributed by atoms with Crippen molar-refractivity contribution >= 4 is 29.2 Å². The van der Waals surface area contributed by atoms with Crippen LogP contribution in [-0.2, 0) is 11.2 Å². The molecule has 0 saturated carbocycles. The standard InChI is InChI=1S/C18H25N3O.ClH/c1-3-13-5-4-6-15-16(11-20-17(13)15)14-7-9-21(10-8-14)18(22)12(2)19;/h4-6,11-12,14,20H,3,7-10,19H2,1-2H3;1H. The molecule has 23 heavy (non-hydrogen) atoms. The minimum absolute atomic E-state index is 0. The van der Waals surface area contributed by atoms with Gasteiger partial charge in [-0.25, -0.2) is 0 Å². The number of hydrogen-bond acceptors (Lipinski definition) is 2. The lowest BCUT2D eigenvalue weighted by atomic mass is 9.88. The Kier molecular flexibility index (Phi) is 5.71. The highest BCUT2D eigenvalue weighted by Gasteiger charge is 2.26. The third-order valence-electron chi connectivity index (χ3n) is 4.85. The number of nitrogens with two attached hydrogens (primary N) is 1. The van der Waals surface area contributed by atoms with Crippen LogP contribution in [0.1, 0.15) is 43.7 Å². The molecule has 5 heteroatoms. The second-order valence-corrected chi connectivity index (χ2v) is 6.33. The third kappa shape index (κ3) is 3.38. The van der Waals surface area contributed by atoms with E-state index in [4.69, 9.17) is 5.73 Å². The molecule has 1 aromatic carbocycles. The Morgan fingerprint density at radius 1 is 1.39 bits per heavy atom. The number of benzene rings is 1. The number of rotatable bonds is 3. The molecule has 1 aliphatic rings. The maximum Gasteiger partial charge on any atom is 0.239 e. The molecule has 0 spiro atoms. The number of halogens is 1. The molecule has 1 saturated heterocycles. The number of carbonyl (C=O) groups excluding carboxylic acids is 1. The first kappa shape index (κ1) is 17.8. The van der Waals surface area contributed by atoms with Crippen molar-refractivity contribution in [2.45, 2.75) is 45.1 Å². The second-order valence-electron chi connectivity index (χ2n) is 6.33. The second kappa shape index (κ2) is 7.37. The van der Waals surface area contributed by atoms with Gasteiger partial charge in [0.25, 0.3) is 0 Å². The van der Waals surface area contributed by atoms with Crippen molar-refractivity contribution in [3.8, 4) is 0 Å². The number of H-pyrrole nitrogens is 1. The van der Waals surface area contributed by atoms with Gasteiger partial charge in [-0.05, 0) is 43.2 Å². The SMILES string of the molecule is CCc1cccc2c(C3CCN(C(=O)C(C)N)CC3)c[nH]c12.Cl. The maximum atomic E-state index is 12.0. The normalized spacial score (nSPS) is 17.1. The molecule has 0 radical (unpaired) electrons. The van der Waals surface area contributed by atoms with E-state index in [0.717, 1.165) is 32.4 Å². The van der Waals surface area contributed by atoms with Crippen LogP contribution < -0.4 is 5.73 Å². The van der Waals surface area contributed by atoms with Crippen LogP contribution >= 0.6 is 12.4 Å². The number of nitrogens with zero attached hydrogens (tertiary/aromatic N) is 1. The molecule has 1 unspecified atom stereocenters. The van der Waals surface area contributed by atoms with Gasteiger partial charge in [-0.2, -0.15) is 0 Å². The van der Waals surface area contributed by atoms with E-state index in [1.165, 1.54) is 22.0 Å². The lowest BCUT2D eigenvalue weighted by molar-refractivity contribution is -0.133. The van der Waals surface area contributed by atoms with E-state index < -0.39 is 6.04 Å². The zero-order valence-electron chi connectivity index (χ0n) is 13.8. The highest BCUT2D eigenvalue weighted by atomic mass is 35.5. The minimum atomic E-state index is -0.392. The summed E-state index contributed by atoms with van der Waals surface area (Å²) in [5.41, 5.74) is 9.75. The minimum Gasteiger partial charge on any atom is -0.361 e. The van der Waals surface area contributed by atoms with Gasteiger partial charge in [0, 0.05) is 30.2 Å². The number of amides is 1. The number of carbonyl (C=O) groups is 1. The van der Waals surface area contributed by atoms with Crippen molar-refractivity contribution in [1.29, 1.82) is 0 Å². The van der Waals surface area contributed by atoms with Gasteiger partial charge in [0.1, 0.15) is 0 Å². The fourth-order valence-electron chi connectivity index (χ4n) is 3.57. The van der Waals surface area contributed by atoms with Crippen LogP contribution in [-0.4, -0.2) is 34.9 Å². The molecule has 0 aliphatic carbocycles. The first-order valence-corrected chi connectivity index (χ1v) is 8.25. The Morgan fingerprint density at radius 2 is 2.09 bits per heavy atom. The summed E-state index contributed by atoms with van der Waals surface area (Å²) in [5.74, 6) is 0.601. The molecule has 3 N–H and O–H groups in total. The summed E-state index contributed by atoms with van der Waals surface area (Å²) in [6, 6.07) is 6.15. The maximum absolute atomic E-state index is 12.0. The molecule has 1 aliphatic heterocycles. The van der Waals surface area contributed by atoms with Crippen LogP contribution in [0, 0.1) is 0 Å². The van der Waals surface area contributed by atoms with E-state index in [-0.39, 0.29) is 18.3 Å². The van der Waals surface area contributed by atoms with E-state index in [2.05, 4.69) is 36.3 Å². The van der Waals surface area contributed by atoms with Gasteiger partial charge in [-0.3, -0.25) is 4.79 Å². The average molecular weight is 336 g/mol. The Bertz CT molecular complexity index is 672. The molecule has 1 amide bonds. The van der Waals surface area contributed by atoms with Gasteiger partial charge in [0.05, 0.1) is 6.04 Å². The number of hydrogen-bond donors (Lipinski definition) is 2. The van der Waals surface area contributed by atoms with Crippen LogP contribution in [0.3, 0.4) is 0 Å². The molecular formula is C18H26ClN3O. The number of aromatic nitrogens is 1. The summed E-state index contributed by atoms with van der Waals surface area (Å²) >= 11 is 0. The average Bonchev–Trinajstić information content (AvgIpc) is 2.98. The van der Waals surface area contributed by atoms with Crippen molar-refractivity contribution in [3.63, 3.8) is 0 Å². The lowest BCUT2D eigenvalue weighted by Crippen LogP contribution is -2.45. The van der Waals surface area contributed by atoms with Gasteiger partial charge < -0.3 is 15.6 Å². The van der Waals surface area contributed by atoms with Gasteiger partial charge in [-0.15, -0.1) is 12.4 Å². The highest BCUT2D eigenvalue weighted by Crippen LogP contribution is 2.34. The van der Waals surface area contributed by atoms with Crippen LogP contribution in [0.2, 0.25) is 0 Å². The summed E-state index contributed by atoms with van der Waals surface area (Å²) in [6.07, 6.45) is 5.24. The zero-order chi connectivity index (χ0) is 15.7. The van der Waals surface area contributed by atoms with Crippen molar-refractivity contribution < 1.29 is 4.79 Å². The summed E-state index contributed by atoms with van der Waals surface area (Å²) in [5, 5.41) is 1.34. The number of aryl methyl sites for hydroxylation is 1. The van der Waals surface area contributed by atoms with Crippen LogP contribution in [0.15, 0.2) is 24.4 Å². The number of fused-ring (bicyclic) bond motifs is 1. The third-order valence-corrected chi connectivity index (χ3v) is 4.85. The molecular weight excluding hydrogens is 310 g/mol. The quantitative estimate of drug-likeness (QED) is 0.904. The molecule has 3 rings (SSSR count). The molecule has 2 aromatic rings. The molecule has 2 heterocycles. The summed E-state index contributed by atoms with van der Waals surface area (Å²) < 4.78 is 0. The largest absolute Gasteiger partial charge is 0.361 e. The topological polar surface area (TPSA) is 62.1 Å². The monoisotopic (exact) mass is 335 g/mol. The fourth-order valence-corrected chi connectivity index (χ4v) is 3.57. The van der Waals surface area contributed by atoms with Gasteiger partial charge in [0.2, 0.25) is 5.91 Å². The zero-order valence-corrected chi connectivity index (χ0v) is 14.7. The smallest absolute Gasteiger partial charge is 0.239 e. The van der Waals surface area contributed by atoms with E-state index in [1.807, 2.05) is 4.90 Å². The predicted octanol–water partition coefficient (Wildman–Crippen LogP) is 3.21. The first-order valence-electron chi connectivity index (χ1n) is 8.25. The predicted molar refractivity (Wildman–Crippen MR) is 97.1 cm³/mol. The van der Waals surface area contributed by atoms with E-state index >= 15 is 0 Å². The number of para-hydroxylation sites is 1. The van der Waals surface area contributed by atoms with Crippen molar-refractivity contribution in [2.24, 2.45) is 5.73 Å². The van der Waals surface area contributed by atoms with Crippen LogP contribution in [0.25, 0.3) is 10.9 Å². The lowest BCUT2D eigenvalue weighted by Gasteiger charge is -2.33. The molecule has 1 aromatic heterocycles.